The Labute approximate surface area is 185 Å². The minimum atomic E-state index is -0.137. The zero-order valence-corrected chi connectivity index (χ0v) is 19.0. The fourth-order valence-corrected chi connectivity index (χ4v) is 4.94. The second kappa shape index (κ2) is 8.55. The number of carbonyl (C=O) groups excluding carboxylic acids is 1. The zero-order valence-electron chi connectivity index (χ0n) is 18.2. The quantitative estimate of drug-likeness (QED) is 0.639. The molecule has 3 aromatic rings. The Hall–Kier alpha value is -3.13. The summed E-state index contributed by atoms with van der Waals surface area (Å²) in [4.78, 5) is 12.6. The van der Waals surface area contributed by atoms with Gasteiger partial charge in [-0.25, -0.2) is 4.68 Å². The average Bonchev–Trinajstić information content (AvgIpc) is 2.98. The topological polar surface area (TPSA) is 74.6 Å². The van der Waals surface area contributed by atoms with Gasteiger partial charge < -0.3 is 19.5 Å². The van der Waals surface area contributed by atoms with Gasteiger partial charge >= 0.3 is 0 Å². The third kappa shape index (κ3) is 3.83. The van der Waals surface area contributed by atoms with Crippen molar-refractivity contribution < 1.29 is 19.0 Å². The van der Waals surface area contributed by atoms with Crippen molar-refractivity contribution in [3.8, 4) is 22.9 Å². The molecule has 1 atom stereocenters. The summed E-state index contributed by atoms with van der Waals surface area (Å²) in [6, 6.07) is 11.9. The molecule has 0 spiro atoms. The molecule has 0 bridgehead atoms. The molecule has 0 fully saturated rings. The van der Waals surface area contributed by atoms with Crippen molar-refractivity contribution in [3.05, 3.63) is 58.8 Å². The third-order valence-electron chi connectivity index (χ3n) is 5.28. The monoisotopic (exact) mass is 439 g/mol. The summed E-state index contributed by atoms with van der Waals surface area (Å²) in [7, 11) is 4.77. The molecule has 8 heteroatoms. The number of aromatic nitrogens is 2. The third-order valence-corrected chi connectivity index (χ3v) is 6.55. The molecular weight excluding hydrogens is 414 g/mol. The van der Waals surface area contributed by atoms with Crippen molar-refractivity contribution >= 4 is 23.5 Å². The van der Waals surface area contributed by atoms with Gasteiger partial charge in [-0.1, -0.05) is 17.7 Å². The molecule has 2 aromatic carbocycles. The number of amides is 1. The molecule has 1 aliphatic rings. The number of benzene rings is 2. The van der Waals surface area contributed by atoms with E-state index in [1.165, 1.54) is 0 Å². The van der Waals surface area contributed by atoms with Gasteiger partial charge in [0, 0.05) is 5.56 Å². The molecule has 1 N–H and O–H groups in total. The first-order chi connectivity index (χ1) is 15.0. The molecular formula is C23H25N3O4S. The van der Waals surface area contributed by atoms with Gasteiger partial charge in [-0.3, -0.25) is 4.79 Å². The predicted molar refractivity (Wildman–Crippen MR) is 122 cm³/mol. The summed E-state index contributed by atoms with van der Waals surface area (Å²) in [6.45, 7) is 4.00. The second-order valence-electron chi connectivity index (χ2n) is 7.29. The van der Waals surface area contributed by atoms with Gasteiger partial charge in [-0.05, 0) is 43.7 Å². The van der Waals surface area contributed by atoms with E-state index in [2.05, 4.69) is 5.32 Å². The van der Waals surface area contributed by atoms with Crippen LogP contribution in [-0.4, -0.2) is 42.8 Å². The SMILES string of the molecule is COc1cc(C2SCC(=O)Nc3c2c(C)nn3-c2ccc(C)cc2)cc(OC)c1OC. The number of anilines is 1. The highest BCUT2D eigenvalue weighted by Gasteiger charge is 2.32. The minimum Gasteiger partial charge on any atom is -0.493 e. The Balaban J connectivity index is 1.89. The maximum absolute atomic E-state index is 12.6. The lowest BCUT2D eigenvalue weighted by molar-refractivity contribution is -0.113. The number of aryl methyl sites for hydroxylation is 2. The number of hydrogen-bond donors (Lipinski definition) is 1. The van der Waals surface area contributed by atoms with E-state index in [0.717, 1.165) is 28.1 Å². The first kappa shape index (κ1) is 21.1. The highest BCUT2D eigenvalue weighted by molar-refractivity contribution is 8.00. The van der Waals surface area contributed by atoms with Crippen LogP contribution < -0.4 is 19.5 Å². The lowest BCUT2D eigenvalue weighted by atomic mass is 10.0. The number of ether oxygens (including phenoxy) is 3. The molecule has 4 rings (SSSR count). The minimum absolute atomic E-state index is 0.0607. The first-order valence-electron chi connectivity index (χ1n) is 9.84. The number of nitrogens with one attached hydrogen (secondary N) is 1. The first-order valence-corrected chi connectivity index (χ1v) is 10.9. The van der Waals surface area contributed by atoms with Crippen molar-refractivity contribution in [1.82, 2.24) is 9.78 Å². The van der Waals surface area contributed by atoms with E-state index in [1.807, 2.05) is 50.2 Å². The molecule has 0 radical (unpaired) electrons. The van der Waals surface area contributed by atoms with Crippen LogP contribution in [-0.2, 0) is 4.79 Å². The van der Waals surface area contributed by atoms with Gasteiger partial charge in [0.2, 0.25) is 11.7 Å². The largest absolute Gasteiger partial charge is 0.493 e. The van der Waals surface area contributed by atoms with Crippen molar-refractivity contribution in [1.29, 1.82) is 0 Å². The van der Waals surface area contributed by atoms with Gasteiger partial charge in [0.05, 0.1) is 43.7 Å². The van der Waals surface area contributed by atoms with Gasteiger partial charge in [0.1, 0.15) is 5.82 Å². The van der Waals surface area contributed by atoms with Crippen LogP contribution in [0.5, 0.6) is 17.2 Å². The van der Waals surface area contributed by atoms with E-state index in [4.69, 9.17) is 19.3 Å². The molecule has 162 valence electrons. The number of hydrogen-bond acceptors (Lipinski definition) is 6. The fraction of sp³-hybridized carbons (Fsp3) is 0.304. The Morgan fingerprint density at radius 1 is 1.03 bits per heavy atom. The van der Waals surface area contributed by atoms with E-state index in [0.29, 0.717) is 28.8 Å². The number of fused-ring (bicyclic) bond motifs is 1. The van der Waals surface area contributed by atoms with Crippen LogP contribution in [0.15, 0.2) is 36.4 Å². The van der Waals surface area contributed by atoms with E-state index < -0.39 is 0 Å². The summed E-state index contributed by atoms with van der Waals surface area (Å²) in [5.41, 5.74) is 4.82. The summed E-state index contributed by atoms with van der Waals surface area (Å²) < 4.78 is 18.4. The molecule has 1 aromatic heterocycles. The number of carbonyl (C=O) groups is 1. The molecule has 2 heterocycles. The predicted octanol–water partition coefficient (Wildman–Crippen LogP) is 4.29. The van der Waals surface area contributed by atoms with E-state index >= 15 is 0 Å². The van der Waals surface area contributed by atoms with Crippen LogP contribution in [0.3, 0.4) is 0 Å². The van der Waals surface area contributed by atoms with Gasteiger partial charge in [0.25, 0.3) is 0 Å². The van der Waals surface area contributed by atoms with E-state index in [9.17, 15) is 4.79 Å². The van der Waals surface area contributed by atoms with Gasteiger partial charge in [-0.15, -0.1) is 11.8 Å². The lowest BCUT2D eigenvalue weighted by Crippen LogP contribution is -2.15. The molecule has 1 unspecified atom stereocenters. The molecule has 0 aliphatic carbocycles. The van der Waals surface area contributed by atoms with Crippen molar-refractivity contribution in [3.63, 3.8) is 0 Å². The molecule has 0 saturated heterocycles. The molecule has 1 aliphatic heterocycles. The second-order valence-corrected chi connectivity index (χ2v) is 8.39. The number of nitrogens with zero attached hydrogens (tertiary/aromatic N) is 2. The zero-order chi connectivity index (χ0) is 22.1. The van der Waals surface area contributed by atoms with Gasteiger partial charge in [-0.2, -0.15) is 5.10 Å². The Kier molecular flexibility index (Phi) is 5.82. The van der Waals surface area contributed by atoms with Crippen molar-refractivity contribution in [2.75, 3.05) is 32.4 Å². The number of thioether (sulfide) groups is 1. The van der Waals surface area contributed by atoms with E-state index in [-0.39, 0.29) is 11.2 Å². The van der Waals surface area contributed by atoms with Crippen molar-refractivity contribution in [2.24, 2.45) is 0 Å². The Morgan fingerprint density at radius 2 is 1.68 bits per heavy atom. The standard InChI is InChI=1S/C23H25N3O4S/c1-13-6-8-16(9-7-13)26-23-20(14(2)25-26)22(31-12-19(27)24-23)15-10-17(28-3)21(30-5)18(11-15)29-4/h6-11,22H,12H2,1-5H3,(H,24,27). The van der Waals surface area contributed by atoms with Gasteiger partial charge in [0.15, 0.2) is 11.5 Å². The van der Waals surface area contributed by atoms with Crippen molar-refractivity contribution in [2.45, 2.75) is 19.1 Å². The maximum atomic E-state index is 12.6. The average molecular weight is 440 g/mol. The van der Waals surface area contributed by atoms with E-state index in [1.54, 1.807) is 37.8 Å². The van der Waals surface area contributed by atoms with Crippen LogP contribution in [0, 0.1) is 13.8 Å². The normalized spacial score (nSPS) is 15.6. The van der Waals surface area contributed by atoms with Crippen LogP contribution in [0.2, 0.25) is 0 Å². The van der Waals surface area contributed by atoms with Crippen LogP contribution in [0.1, 0.15) is 27.6 Å². The molecule has 0 saturated carbocycles. The Morgan fingerprint density at radius 3 is 2.26 bits per heavy atom. The number of methoxy groups -OCH3 is 3. The van der Waals surface area contributed by atoms with Crippen LogP contribution in [0.4, 0.5) is 5.82 Å². The highest BCUT2D eigenvalue weighted by atomic mass is 32.2. The summed E-state index contributed by atoms with van der Waals surface area (Å²) in [6.07, 6.45) is 0. The van der Waals surface area contributed by atoms with Crippen LogP contribution >= 0.6 is 11.8 Å². The molecule has 1 amide bonds. The lowest BCUT2D eigenvalue weighted by Gasteiger charge is -2.19. The molecule has 31 heavy (non-hydrogen) atoms. The van der Waals surface area contributed by atoms with Crippen LogP contribution in [0.25, 0.3) is 5.69 Å². The maximum Gasteiger partial charge on any atom is 0.235 e. The summed E-state index contributed by atoms with van der Waals surface area (Å²) in [5, 5.41) is 7.69. The highest BCUT2D eigenvalue weighted by Crippen LogP contribution is 2.48. The fourth-order valence-electron chi connectivity index (χ4n) is 3.77. The number of rotatable bonds is 5. The summed E-state index contributed by atoms with van der Waals surface area (Å²) >= 11 is 1.55. The smallest absolute Gasteiger partial charge is 0.235 e. The Bertz CT molecular complexity index is 1100. The molecule has 7 nitrogen and oxygen atoms in total. The summed E-state index contributed by atoms with van der Waals surface area (Å²) in [5.74, 6) is 2.64.